The van der Waals surface area contributed by atoms with Crippen LogP contribution in [0.15, 0.2) is 232 Å². The van der Waals surface area contributed by atoms with Crippen molar-refractivity contribution >= 4 is 102 Å². The third-order valence-electron chi connectivity index (χ3n) is 26.2. The number of amides is 4. The molecule has 6 saturated heterocycles. The molecule has 0 radical (unpaired) electrons. The normalized spacial score (nSPS) is 15.8. The number of fused-ring (bicyclic) bond motifs is 4. The van der Waals surface area contributed by atoms with Crippen molar-refractivity contribution in [2.75, 3.05) is 130 Å². The number of H-pyrrole nitrogens is 4. The van der Waals surface area contributed by atoms with Crippen molar-refractivity contribution in [3.63, 3.8) is 0 Å². The van der Waals surface area contributed by atoms with Crippen LogP contribution in [0.2, 0.25) is 0 Å². The maximum atomic E-state index is 13.2. The Bertz CT molecular complexity index is 6580. The van der Waals surface area contributed by atoms with Gasteiger partial charge in [0.2, 0.25) is 0 Å². The van der Waals surface area contributed by atoms with E-state index >= 15 is 0 Å². The highest BCUT2D eigenvalue weighted by molar-refractivity contribution is 6.14. The number of nitrogens with zero attached hydrogens (tertiary/aromatic N) is 19. The molecule has 0 spiro atoms. The topological polar surface area (TPSA) is 357 Å². The number of aromatic amines is 4. The number of rotatable bonds is 22. The summed E-state index contributed by atoms with van der Waals surface area (Å²) >= 11 is 0. The fourth-order valence-electron chi connectivity index (χ4n) is 18.8. The number of hydrogen-bond acceptors (Lipinski definition) is 23. The minimum atomic E-state index is -0.293. The third kappa shape index (κ3) is 22.8. The Morgan fingerprint density at radius 2 is 0.603 bits per heavy atom. The molecule has 31 heteroatoms. The summed E-state index contributed by atoms with van der Waals surface area (Å²) in [6.45, 7) is 18.9. The Labute approximate surface area is 789 Å². The van der Waals surface area contributed by atoms with E-state index in [1.54, 1.807) is 55.2 Å². The van der Waals surface area contributed by atoms with E-state index in [1.165, 1.54) is 112 Å². The number of aromatic nitrogens is 16. The Kier molecular flexibility index (Phi) is 28.9. The number of nitrogens with one attached hydrogen (secondary N) is 8. The first-order valence-corrected chi connectivity index (χ1v) is 47.6. The van der Waals surface area contributed by atoms with Crippen LogP contribution in [0.5, 0.6) is 0 Å². The standard InChI is InChI=1S/C29H34N8O.C28H31N7O.2C24H24N6O/c1-35-11-13-37(14-12-35)27-8-6-24(19-31-27)32-29(38)28-25-16-22(5-7-26(25)33-34-28)23-15-21(17-30-18-23)20-36-9-3-2-4-10-36;36-28(31-23-7-9-26(30-18-23)35-12-4-5-13-35)27-24-15-21(6-8-25(24)32-33-27)22-14-20(16-29-17-22)19-34-10-2-1-3-11-34;31-24(27-22-6-2-3-9-26-22)23-20-13-18(7-8-21(20)28-29-23)19-12-17(14-25-15-19)16-30-10-4-1-5-11-30;31-24(27-20-6-8-25-9-7-20)23-21-13-18(4-5-22(21)28-29-23)19-12-17(14-26-15-19)16-30-10-2-1-3-11-30/h5-8,15-19H,2-4,9-14,20H2,1H3,(H,32,38)(H,33,34);6-9,14-18H,1-5,10-13,19H2,(H,31,36)(H,32,33);2-3,6-9,12-15H,1,4-5,10-11,16H2,(H,28,29)(H,26,27,31);4-9,12-15H,1-3,10-11,16H2,(H,28,29)(H,25,27,31). The van der Waals surface area contributed by atoms with Gasteiger partial charge in [0.1, 0.15) is 17.5 Å². The largest absolute Gasteiger partial charge is 0.357 e. The zero-order valence-corrected chi connectivity index (χ0v) is 76.7. The van der Waals surface area contributed by atoms with Crippen molar-refractivity contribution in [3.05, 3.63) is 277 Å². The van der Waals surface area contributed by atoms with Gasteiger partial charge in [0, 0.05) is 183 Å². The van der Waals surface area contributed by atoms with E-state index in [9.17, 15) is 19.2 Å². The number of likely N-dealkylation sites (tertiary alicyclic amines) is 4. The Morgan fingerprint density at radius 1 is 0.279 bits per heavy atom. The second-order valence-electron chi connectivity index (χ2n) is 36.1. The zero-order chi connectivity index (χ0) is 92.3. The van der Waals surface area contributed by atoms with Crippen molar-refractivity contribution in [3.8, 4) is 44.5 Å². The molecule has 0 atom stereocenters. The zero-order valence-electron chi connectivity index (χ0n) is 76.7. The van der Waals surface area contributed by atoms with Crippen LogP contribution in [-0.4, -0.2) is 227 Å². The quantitative estimate of drug-likeness (QED) is 0.0312. The Balaban J connectivity index is 0.000000117. The van der Waals surface area contributed by atoms with Crippen molar-refractivity contribution in [1.82, 2.24) is 105 Å². The number of pyridine rings is 8. The number of piperidine rings is 4. The van der Waals surface area contributed by atoms with Crippen LogP contribution in [0.25, 0.3) is 88.1 Å². The van der Waals surface area contributed by atoms with Crippen LogP contribution in [-0.2, 0) is 26.2 Å². The first kappa shape index (κ1) is 90.4. The van der Waals surface area contributed by atoms with Gasteiger partial charge in [-0.05, 0) is 289 Å². The van der Waals surface area contributed by atoms with Crippen molar-refractivity contribution in [2.45, 2.75) is 116 Å². The van der Waals surface area contributed by atoms with E-state index in [0.29, 0.717) is 45.7 Å². The van der Waals surface area contributed by atoms with Gasteiger partial charge >= 0.3 is 0 Å². The summed E-state index contributed by atoms with van der Waals surface area (Å²) in [6, 6.07) is 49.4. The number of benzene rings is 4. The van der Waals surface area contributed by atoms with Crippen molar-refractivity contribution < 1.29 is 19.2 Å². The predicted molar refractivity (Wildman–Crippen MR) is 534 cm³/mol. The molecule has 31 nitrogen and oxygen atoms in total. The number of hydrogen-bond donors (Lipinski definition) is 8. The predicted octanol–water partition coefficient (Wildman–Crippen LogP) is 17.4. The van der Waals surface area contributed by atoms with E-state index < -0.39 is 0 Å². The summed E-state index contributed by atoms with van der Waals surface area (Å²) in [4.78, 5) is 104. The molecule has 4 aromatic carbocycles. The van der Waals surface area contributed by atoms with Crippen LogP contribution < -0.4 is 31.1 Å². The molecule has 6 aliphatic heterocycles. The van der Waals surface area contributed by atoms with Crippen LogP contribution in [0.1, 0.15) is 154 Å². The highest BCUT2D eigenvalue weighted by Crippen LogP contribution is 2.34. The van der Waals surface area contributed by atoms with Gasteiger partial charge in [0.05, 0.1) is 45.8 Å². The van der Waals surface area contributed by atoms with E-state index in [2.05, 4.69) is 168 Å². The maximum Gasteiger partial charge on any atom is 0.277 e. The molecule has 8 N–H and O–H groups in total. The first-order valence-electron chi connectivity index (χ1n) is 47.6. The van der Waals surface area contributed by atoms with Crippen LogP contribution in [0, 0.1) is 0 Å². The average molecular weight is 1820 g/mol. The summed E-state index contributed by atoms with van der Waals surface area (Å²) in [7, 11) is 2.13. The Hall–Kier alpha value is -14.8. The lowest BCUT2D eigenvalue weighted by Crippen LogP contribution is -2.44. The summed E-state index contributed by atoms with van der Waals surface area (Å²) in [5, 5.41) is 43.7. The summed E-state index contributed by atoms with van der Waals surface area (Å²) in [5.41, 5.74) is 19.8. The number of piperazine rings is 1. The average Bonchev–Trinajstić information content (AvgIpc) is 1.48. The molecule has 6 fully saturated rings. The van der Waals surface area contributed by atoms with Gasteiger partial charge in [0.15, 0.2) is 22.8 Å². The molecule has 136 heavy (non-hydrogen) atoms. The van der Waals surface area contributed by atoms with Crippen LogP contribution in [0.4, 0.5) is 34.5 Å². The van der Waals surface area contributed by atoms with Gasteiger partial charge in [-0.25, -0.2) is 15.0 Å². The summed E-state index contributed by atoms with van der Waals surface area (Å²) in [6.07, 6.45) is 41.5. The second-order valence-corrected chi connectivity index (χ2v) is 36.1. The molecular weight excluding hydrogens is 1700 g/mol. The van der Waals surface area contributed by atoms with Gasteiger partial charge in [-0.2, -0.15) is 20.4 Å². The SMILES string of the molecule is CN1CCN(c2ccc(NC(=O)c3n[nH]c4ccc(-c5cncc(CN6CCCCC6)c5)cc34)cn2)CC1.O=C(Nc1ccc(N2CCCC2)nc1)c1n[nH]c2ccc(-c3cncc(CN4CCCCC4)c3)cc12.O=C(Nc1ccccn1)c1n[nH]c2ccc(-c3cncc(CN4CCCCC4)c3)cc12.O=C(Nc1ccncc1)c1n[nH]c2ccc(-c3cncc(CN4CCCCC4)c3)cc12. The number of carbonyl (C=O) groups is 4. The van der Waals surface area contributed by atoms with Gasteiger partial charge in [0.25, 0.3) is 23.6 Å². The molecule has 18 heterocycles. The molecule has 4 amide bonds. The monoisotopic (exact) mass is 1820 g/mol. The van der Waals surface area contributed by atoms with Crippen LogP contribution in [0.3, 0.4) is 0 Å². The maximum absolute atomic E-state index is 13.2. The summed E-state index contributed by atoms with van der Waals surface area (Å²) < 4.78 is 0. The fraction of sp³-hybridized carbons (Fsp3) is 0.314. The van der Waals surface area contributed by atoms with Gasteiger partial charge < -0.3 is 36.0 Å². The van der Waals surface area contributed by atoms with E-state index in [4.69, 9.17) is 0 Å². The second kappa shape index (κ2) is 43.5. The number of likely N-dealkylation sites (N-methyl/N-ethyl adjacent to an activating group) is 1. The van der Waals surface area contributed by atoms with Crippen molar-refractivity contribution in [1.29, 1.82) is 0 Å². The Morgan fingerprint density at radius 3 is 0.926 bits per heavy atom. The lowest BCUT2D eigenvalue weighted by atomic mass is 10.0. The number of anilines is 6. The highest BCUT2D eigenvalue weighted by Gasteiger charge is 2.25. The molecule has 0 aliphatic carbocycles. The minimum Gasteiger partial charge on any atom is -0.357 e. The smallest absolute Gasteiger partial charge is 0.277 e. The molecule has 0 unspecified atom stereocenters. The van der Waals surface area contributed by atoms with Gasteiger partial charge in [-0.1, -0.05) is 56.0 Å². The first-order chi connectivity index (χ1) is 66.9. The molecular formula is C105H113N27O4. The van der Waals surface area contributed by atoms with Crippen LogP contribution >= 0.6 is 0 Å². The van der Waals surface area contributed by atoms with E-state index in [0.717, 1.165) is 218 Å². The molecule has 12 aromatic heterocycles. The molecule has 0 bridgehead atoms. The van der Waals surface area contributed by atoms with E-state index in [-0.39, 0.29) is 23.6 Å². The molecule has 0 saturated carbocycles. The lowest BCUT2D eigenvalue weighted by molar-refractivity contribution is 0.101. The molecule has 692 valence electrons. The van der Waals surface area contributed by atoms with Gasteiger partial charge in [-0.3, -0.25) is 84.1 Å². The van der Waals surface area contributed by atoms with Gasteiger partial charge in [-0.15, -0.1) is 0 Å². The molecule has 22 rings (SSSR count). The number of carbonyl (C=O) groups excluding carboxylic acids is 4. The molecule has 16 aromatic rings. The summed E-state index contributed by atoms with van der Waals surface area (Å²) in [5.74, 6) is 1.31. The third-order valence-corrected chi connectivity index (χ3v) is 26.2. The van der Waals surface area contributed by atoms with Crippen molar-refractivity contribution in [2.24, 2.45) is 0 Å². The fourth-order valence-corrected chi connectivity index (χ4v) is 18.8. The minimum absolute atomic E-state index is 0.258. The van der Waals surface area contributed by atoms with E-state index in [1.807, 2.05) is 153 Å². The highest BCUT2D eigenvalue weighted by atomic mass is 16.2. The molecule has 6 aliphatic rings. The lowest BCUT2D eigenvalue weighted by Gasteiger charge is -2.33.